The summed E-state index contributed by atoms with van der Waals surface area (Å²) < 4.78 is 0. The van der Waals surface area contributed by atoms with E-state index in [4.69, 9.17) is 0 Å². The number of hydrogen-bond donors (Lipinski definition) is 2. The number of carbonyl (C=O) groups is 1. The first-order valence-electron chi connectivity index (χ1n) is 8.57. The van der Waals surface area contributed by atoms with Crippen LogP contribution < -0.4 is 10.6 Å². The van der Waals surface area contributed by atoms with E-state index in [2.05, 4.69) is 49.6 Å². The molecule has 3 heteroatoms. The number of urea groups is 1. The van der Waals surface area contributed by atoms with Gasteiger partial charge in [0.2, 0.25) is 0 Å². The minimum atomic E-state index is -0.146. The van der Waals surface area contributed by atoms with E-state index >= 15 is 0 Å². The van der Waals surface area contributed by atoms with E-state index in [0.717, 1.165) is 24.1 Å². The van der Waals surface area contributed by atoms with E-state index in [1.807, 2.05) is 43.3 Å². The predicted molar refractivity (Wildman–Crippen MR) is 102 cm³/mol. The molecular weight excluding hydrogens is 296 g/mol. The van der Waals surface area contributed by atoms with Crippen molar-refractivity contribution in [3.8, 4) is 0 Å². The Kier molecular flexibility index (Phi) is 6.02. The van der Waals surface area contributed by atoms with Crippen molar-refractivity contribution in [2.45, 2.75) is 52.0 Å². The van der Waals surface area contributed by atoms with Crippen molar-refractivity contribution >= 4 is 11.7 Å². The van der Waals surface area contributed by atoms with Crippen molar-refractivity contribution in [3.63, 3.8) is 0 Å². The van der Waals surface area contributed by atoms with E-state index < -0.39 is 0 Å². The van der Waals surface area contributed by atoms with Crippen molar-refractivity contribution in [1.82, 2.24) is 5.32 Å². The third-order valence-corrected chi connectivity index (χ3v) is 4.07. The Morgan fingerprint density at radius 3 is 2.29 bits per heavy atom. The first-order chi connectivity index (χ1) is 11.4. The van der Waals surface area contributed by atoms with Crippen LogP contribution in [0.5, 0.6) is 0 Å². The first kappa shape index (κ1) is 18.1. The number of rotatable bonds is 5. The van der Waals surface area contributed by atoms with Crippen LogP contribution in [0.25, 0.3) is 0 Å². The number of nitrogens with one attached hydrogen (secondary N) is 2. The standard InChI is InChI=1S/C21H28N2O/c1-16(14-15-17-10-6-5-7-11-17)22-20(24)23-19-13-9-8-12-18(19)21(2,3)4/h5-13,16H,14-15H2,1-4H3,(H2,22,23,24). The second-order valence-electron chi connectivity index (χ2n) is 7.32. The Bertz CT molecular complexity index is 659. The lowest BCUT2D eigenvalue weighted by atomic mass is 9.86. The Balaban J connectivity index is 1.89. The van der Waals surface area contributed by atoms with Crippen molar-refractivity contribution in [1.29, 1.82) is 0 Å². The van der Waals surface area contributed by atoms with Gasteiger partial charge in [0.1, 0.15) is 0 Å². The van der Waals surface area contributed by atoms with Crippen molar-refractivity contribution in [2.24, 2.45) is 0 Å². The van der Waals surface area contributed by atoms with E-state index in [1.165, 1.54) is 5.56 Å². The van der Waals surface area contributed by atoms with Crippen molar-refractivity contribution in [3.05, 3.63) is 65.7 Å². The molecule has 2 rings (SSSR count). The molecule has 0 aliphatic carbocycles. The van der Waals surface area contributed by atoms with Gasteiger partial charge in [0.25, 0.3) is 0 Å². The zero-order valence-electron chi connectivity index (χ0n) is 15.1. The smallest absolute Gasteiger partial charge is 0.319 e. The van der Waals surface area contributed by atoms with Gasteiger partial charge in [-0.2, -0.15) is 0 Å². The van der Waals surface area contributed by atoms with Gasteiger partial charge in [-0.25, -0.2) is 4.79 Å². The summed E-state index contributed by atoms with van der Waals surface area (Å²) in [5.41, 5.74) is 3.29. The highest BCUT2D eigenvalue weighted by Gasteiger charge is 2.18. The lowest BCUT2D eigenvalue weighted by molar-refractivity contribution is 0.248. The van der Waals surface area contributed by atoms with E-state index in [0.29, 0.717) is 0 Å². The second-order valence-corrected chi connectivity index (χ2v) is 7.32. The lowest BCUT2D eigenvalue weighted by Gasteiger charge is -2.23. The van der Waals surface area contributed by atoms with Crippen LogP contribution in [0.2, 0.25) is 0 Å². The largest absolute Gasteiger partial charge is 0.335 e. The Hall–Kier alpha value is -2.29. The average molecular weight is 324 g/mol. The lowest BCUT2D eigenvalue weighted by Crippen LogP contribution is -2.36. The third-order valence-electron chi connectivity index (χ3n) is 4.07. The Morgan fingerprint density at radius 1 is 1.00 bits per heavy atom. The van der Waals surface area contributed by atoms with Gasteiger partial charge in [0.05, 0.1) is 0 Å². The normalized spacial score (nSPS) is 12.5. The summed E-state index contributed by atoms with van der Waals surface area (Å²) in [5, 5.41) is 6.02. The summed E-state index contributed by atoms with van der Waals surface area (Å²) in [6, 6.07) is 18.3. The van der Waals surface area contributed by atoms with Crippen molar-refractivity contribution in [2.75, 3.05) is 5.32 Å². The van der Waals surface area contributed by atoms with E-state index in [-0.39, 0.29) is 17.5 Å². The molecule has 2 N–H and O–H groups in total. The number of aryl methyl sites for hydroxylation is 1. The maximum atomic E-state index is 12.3. The van der Waals surface area contributed by atoms with Crippen LogP contribution in [0.4, 0.5) is 10.5 Å². The van der Waals surface area contributed by atoms with Crippen LogP contribution in [0.1, 0.15) is 45.2 Å². The maximum Gasteiger partial charge on any atom is 0.319 e. The first-order valence-corrected chi connectivity index (χ1v) is 8.57. The Labute approximate surface area is 145 Å². The number of benzene rings is 2. The van der Waals surface area contributed by atoms with Crippen LogP contribution >= 0.6 is 0 Å². The molecule has 0 spiro atoms. The summed E-state index contributed by atoms with van der Waals surface area (Å²) >= 11 is 0. The summed E-state index contributed by atoms with van der Waals surface area (Å²) in [6.07, 6.45) is 1.87. The fraction of sp³-hybridized carbons (Fsp3) is 0.381. The van der Waals surface area contributed by atoms with Crippen molar-refractivity contribution < 1.29 is 4.79 Å². The molecule has 0 saturated heterocycles. The highest BCUT2D eigenvalue weighted by atomic mass is 16.2. The molecule has 0 radical (unpaired) electrons. The molecule has 0 saturated carbocycles. The molecule has 2 amide bonds. The SMILES string of the molecule is CC(CCc1ccccc1)NC(=O)Nc1ccccc1C(C)(C)C. The van der Waals surface area contributed by atoms with Crippen LogP contribution in [0.15, 0.2) is 54.6 Å². The zero-order valence-corrected chi connectivity index (χ0v) is 15.1. The van der Waals surface area contributed by atoms with E-state index in [9.17, 15) is 4.79 Å². The number of carbonyl (C=O) groups excluding carboxylic acids is 1. The van der Waals surface area contributed by atoms with Crippen LogP contribution in [-0.2, 0) is 11.8 Å². The molecular formula is C21H28N2O. The van der Waals surface area contributed by atoms with Crippen LogP contribution in [0, 0.1) is 0 Å². The topological polar surface area (TPSA) is 41.1 Å². The van der Waals surface area contributed by atoms with Gasteiger partial charge in [-0.3, -0.25) is 0 Å². The third kappa shape index (κ3) is 5.41. The molecule has 0 fully saturated rings. The summed E-state index contributed by atoms with van der Waals surface area (Å²) in [7, 11) is 0. The van der Waals surface area contributed by atoms with Gasteiger partial charge in [0, 0.05) is 11.7 Å². The number of anilines is 1. The molecule has 0 aliphatic rings. The highest BCUT2D eigenvalue weighted by molar-refractivity contribution is 5.90. The van der Waals surface area contributed by atoms with Gasteiger partial charge in [0.15, 0.2) is 0 Å². The minimum absolute atomic E-state index is 0.0111. The second kappa shape index (κ2) is 8.00. The van der Waals surface area contributed by atoms with Crippen LogP contribution in [-0.4, -0.2) is 12.1 Å². The highest BCUT2D eigenvalue weighted by Crippen LogP contribution is 2.29. The molecule has 128 valence electrons. The predicted octanol–water partition coefficient (Wildman–Crippen LogP) is 5.13. The quantitative estimate of drug-likeness (QED) is 0.787. The number of hydrogen-bond acceptors (Lipinski definition) is 1. The van der Waals surface area contributed by atoms with Gasteiger partial charge in [-0.15, -0.1) is 0 Å². The molecule has 0 aromatic heterocycles. The van der Waals surface area contributed by atoms with E-state index in [1.54, 1.807) is 0 Å². The van der Waals surface area contributed by atoms with Gasteiger partial charge in [-0.1, -0.05) is 69.3 Å². The molecule has 2 aromatic rings. The molecule has 0 aliphatic heterocycles. The molecule has 0 heterocycles. The van der Waals surface area contributed by atoms with Gasteiger partial charge >= 0.3 is 6.03 Å². The number of para-hydroxylation sites is 1. The molecule has 1 atom stereocenters. The summed E-state index contributed by atoms with van der Waals surface area (Å²) in [4.78, 5) is 12.3. The summed E-state index contributed by atoms with van der Waals surface area (Å²) in [6.45, 7) is 8.48. The van der Waals surface area contributed by atoms with Crippen LogP contribution in [0.3, 0.4) is 0 Å². The molecule has 2 aromatic carbocycles. The molecule has 3 nitrogen and oxygen atoms in total. The fourth-order valence-electron chi connectivity index (χ4n) is 2.73. The zero-order chi connectivity index (χ0) is 17.6. The molecule has 0 bridgehead atoms. The maximum absolute atomic E-state index is 12.3. The van der Waals surface area contributed by atoms with Gasteiger partial charge in [-0.05, 0) is 42.4 Å². The fourth-order valence-corrected chi connectivity index (χ4v) is 2.73. The summed E-state index contributed by atoms with van der Waals surface area (Å²) in [5.74, 6) is 0. The Morgan fingerprint density at radius 2 is 1.62 bits per heavy atom. The molecule has 1 unspecified atom stereocenters. The molecule has 24 heavy (non-hydrogen) atoms. The van der Waals surface area contributed by atoms with Gasteiger partial charge < -0.3 is 10.6 Å². The average Bonchev–Trinajstić information content (AvgIpc) is 2.53. The monoisotopic (exact) mass is 324 g/mol. The number of amides is 2. The minimum Gasteiger partial charge on any atom is -0.335 e.